The number of urea groups is 1. The van der Waals surface area contributed by atoms with Crippen molar-refractivity contribution < 1.29 is 9.59 Å². The Bertz CT molecular complexity index is 473. The van der Waals surface area contributed by atoms with E-state index in [1.165, 1.54) is 11.3 Å². The molecule has 1 aromatic rings. The first-order valence-corrected chi connectivity index (χ1v) is 8.06. The number of carbonyl (C=O) groups excluding carboxylic acids is 2. The van der Waals surface area contributed by atoms with Gasteiger partial charge in [0.15, 0.2) is 0 Å². The Morgan fingerprint density at radius 3 is 2.57 bits per heavy atom. The second-order valence-electron chi connectivity index (χ2n) is 4.98. The standard InChI is InChI=1S/C14H24N4O2S/c1-5-7-15-13(19)11-10-21-12(16-11)9-18(8-6-2)14(20)17(3)4/h10H,5-9H2,1-4H3,(H,15,19). The van der Waals surface area contributed by atoms with Crippen LogP contribution in [0.15, 0.2) is 5.38 Å². The number of hydrogen-bond donors (Lipinski definition) is 1. The van der Waals surface area contributed by atoms with Gasteiger partial charge in [-0.1, -0.05) is 13.8 Å². The highest BCUT2D eigenvalue weighted by Gasteiger charge is 2.17. The fourth-order valence-electron chi connectivity index (χ4n) is 1.78. The van der Waals surface area contributed by atoms with Crippen LogP contribution in [0, 0.1) is 0 Å². The molecule has 0 atom stereocenters. The van der Waals surface area contributed by atoms with Gasteiger partial charge in [-0.15, -0.1) is 11.3 Å². The second kappa shape index (κ2) is 8.61. The maximum atomic E-state index is 12.1. The first-order valence-electron chi connectivity index (χ1n) is 7.18. The predicted octanol–water partition coefficient (Wildman–Crippen LogP) is 2.18. The summed E-state index contributed by atoms with van der Waals surface area (Å²) < 4.78 is 0. The highest BCUT2D eigenvalue weighted by molar-refractivity contribution is 7.09. The maximum absolute atomic E-state index is 12.1. The van der Waals surface area contributed by atoms with Crippen LogP contribution >= 0.6 is 11.3 Å². The van der Waals surface area contributed by atoms with Crippen molar-refractivity contribution in [1.82, 2.24) is 20.1 Å². The molecule has 0 saturated carbocycles. The van der Waals surface area contributed by atoms with E-state index in [0.717, 1.165) is 17.8 Å². The molecule has 21 heavy (non-hydrogen) atoms. The SMILES string of the molecule is CCCNC(=O)c1csc(CN(CCC)C(=O)N(C)C)n1. The van der Waals surface area contributed by atoms with Crippen LogP contribution in [-0.2, 0) is 6.54 Å². The number of carbonyl (C=O) groups is 2. The highest BCUT2D eigenvalue weighted by atomic mass is 32.1. The normalized spacial score (nSPS) is 10.3. The van der Waals surface area contributed by atoms with Gasteiger partial charge in [0, 0.05) is 32.6 Å². The third-order valence-electron chi connectivity index (χ3n) is 2.79. The molecule has 1 heterocycles. The lowest BCUT2D eigenvalue weighted by molar-refractivity contribution is 0.0949. The van der Waals surface area contributed by atoms with Gasteiger partial charge in [0.25, 0.3) is 5.91 Å². The summed E-state index contributed by atoms with van der Waals surface area (Å²) in [6.07, 6.45) is 1.78. The average Bonchev–Trinajstić information content (AvgIpc) is 2.92. The van der Waals surface area contributed by atoms with Crippen molar-refractivity contribution in [1.29, 1.82) is 0 Å². The smallest absolute Gasteiger partial charge is 0.319 e. The van der Waals surface area contributed by atoms with Crippen LogP contribution in [0.2, 0.25) is 0 Å². The molecule has 1 N–H and O–H groups in total. The molecular weight excluding hydrogens is 288 g/mol. The van der Waals surface area contributed by atoms with Gasteiger partial charge in [0.2, 0.25) is 0 Å². The molecule has 0 aliphatic carbocycles. The fourth-order valence-corrected chi connectivity index (χ4v) is 2.56. The van der Waals surface area contributed by atoms with Crippen LogP contribution in [-0.4, -0.2) is 53.9 Å². The Morgan fingerprint density at radius 1 is 1.29 bits per heavy atom. The Labute approximate surface area is 130 Å². The highest BCUT2D eigenvalue weighted by Crippen LogP contribution is 2.13. The molecule has 0 aromatic carbocycles. The number of nitrogens with one attached hydrogen (secondary N) is 1. The van der Waals surface area contributed by atoms with Gasteiger partial charge in [0.05, 0.1) is 6.54 Å². The molecule has 6 nitrogen and oxygen atoms in total. The minimum Gasteiger partial charge on any atom is -0.351 e. The molecule has 0 spiro atoms. The molecule has 0 aliphatic heterocycles. The summed E-state index contributed by atoms with van der Waals surface area (Å²) in [5.74, 6) is -0.152. The number of hydrogen-bond acceptors (Lipinski definition) is 4. The molecule has 7 heteroatoms. The number of thiazole rings is 1. The minimum absolute atomic E-state index is 0.0379. The Hall–Kier alpha value is -1.63. The van der Waals surface area contributed by atoms with Crippen molar-refractivity contribution in [3.8, 4) is 0 Å². The van der Waals surface area contributed by atoms with Crippen molar-refractivity contribution in [2.75, 3.05) is 27.2 Å². The summed E-state index contributed by atoms with van der Waals surface area (Å²) in [6.45, 7) is 5.79. The van der Waals surface area contributed by atoms with Gasteiger partial charge in [0.1, 0.15) is 10.7 Å². The summed E-state index contributed by atoms with van der Waals surface area (Å²) >= 11 is 1.41. The summed E-state index contributed by atoms with van der Waals surface area (Å²) in [4.78, 5) is 31.5. The van der Waals surface area contributed by atoms with E-state index in [1.807, 2.05) is 13.8 Å². The van der Waals surface area contributed by atoms with Gasteiger partial charge in [-0.05, 0) is 12.8 Å². The average molecular weight is 312 g/mol. The molecule has 0 radical (unpaired) electrons. The molecule has 0 saturated heterocycles. The van der Waals surface area contributed by atoms with E-state index in [2.05, 4.69) is 10.3 Å². The zero-order valence-corrected chi connectivity index (χ0v) is 14.0. The van der Waals surface area contributed by atoms with Crippen LogP contribution in [0.25, 0.3) is 0 Å². The van der Waals surface area contributed by atoms with E-state index in [0.29, 0.717) is 25.3 Å². The molecule has 0 bridgehead atoms. The van der Waals surface area contributed by atoms with Crippen LogP contribution in [0.5, 0.6) is 0 Å². The Kier molecular flexibility index (Phi) is 7.14. The van der Waals surface area contributed by atoms with E-state index in [4.69, 9.17) is 0 Å². The topological polar surface area (TPSA) is 65.5 Å². The van der Waals surface area contributed by atoms with E-state index < -0.39 is 0 Å². The molecule has 0 unspecified atom stereocenters. The third kappa shape index (κ3) is 5.34. The number of aromatic nitrogens is 1. The van der Waals surface area contributed by atoms with Crippen LogP contribution in [0.1, 0.15) is 42.2 Å². The van der Waals surface area contributed by atoms with Crippen molar-refractivity contribution in [2.45, 2.75) is 33.2 Å². The third-order valence-corrected chi connectivity index (χ3v) is 3.63. The molecule has 118 valence electrons. The van der Waals surface area contributed by atoms with E-state index in [9.17, 15) is 9.59 Å². The lowest BCUT2D eigenvalue weighted by atomic mass is 10.4. The Morgan fingerprint density at radius 2 is 2.00 bits per heavy atom. The first kappa shape index (κ1) is 17.4. The Balaban J connectivity index is 2.70. The van der Waals surface area contributed by atoms with Gasteiger partial charge >= 0.3 is 6.03 Å². The summed E-state index contributed by atoms with van der Waals surface area (Å²) in [7, 11) is 3.47. The van der Waals surface area contributed by atoms with Crippen LogP contribution in [0.4, 0.5) is 4.79 Å². The van der Waals surface area contributed by atoms with Crippen molar-refractivity contribution in [3.05, 3.63) is 16.1 Å². The van der Waals surface area contributed by atoms with E-state index >= 15 is 0 Å². The summed E-state index contributed by atoms with van der Waals surface area (Å²) in [5, 5.41) is 5.32. The zero-order chi connectivity index (χ0) is 15.8. The van der Waals surface area contributed by atoms with Crippen molar-refractivity contribution >= 4 is 23.3 Å². The summed E-state index contributed by atoms with van der Waals surface area (Å²) in [6, 6.07) is -0.0379. The molecule has 0 aliphatic rings. The quantitative estimate of drug-likeness (QED) is 0.839. The summed E-state index contributed by atoms with van der Waals surface area (Å²) in [5.41, 5.74) is 0.428. The largest absolute Gasteiger partial charge is 0.351 e. The van der Waals surface area contributed by atoms with Gasteiger partial charge in [-0.3, -0.25) is 4.79 Å². The molecular formula is C14H24N4O2S. The minimum atomic E-state index is -0.152. The van der Waals surface area contributed by atoms with Crippen LogP contribution < -0.4 is 5.32 Å². The van der Waals surface area contributed by atoms with Crippen LogP contribution in [0.3, 0.4) is 0 Å². The number of rotatable bonds is 7. The van der Waals surface area contributed by atoms with Crippen molar-refractivity contribution in [2.24, 2.45) is 0 Å². The second-order valence-corrected chi connectivity index (χ2v) is 5.92. The zero-order valence-electron chi connectivity index (χ0n) is 13.2. The van der Waals surface area contributed by atoms with Crippen molar-refractivity contribution in [3.63, 3.8) is 0 Å². The number of nitrogens with zero attached hydrogens (tertiary/aromatic N) is 3. The molecule has 1 rings (SSSR count). The predicted molar refractivity (Wildman–Crippen MR) is 84.5 cm³/mol. The lowest BCUT2D eigenvalue weighted by Crippen LogP contribution is -2.39. The van der Waals surface area contributed by atoms with E-state index in [-0.39, 0.29) is 11.9 Å². The molecule has 1 aromatic heterocycles. The molecule has 0 fully saturated rings. The lowest BCUT2D eigenvalue weighted by Gasteiger charge is -2.24. The van der Waals surface area contributed by atoms with Gasteiger partial charge in [-0.2, -0.15) is 0 Å². The van der Waals surface area contributed by atoms with Gasteiger partial charge in [-0.25, -0.2) is 9.78 Å². The van der Waals surface area contributed by atoms with E-state index in [1.54, 1.807) is 29.3 Å². The number of amides is 3. The first-order chi connectivity index (χ1) is 9.99. The van der Waals surface area contributed by atoms with Gasteiger partial charge < -0.3 is 15.1 Å². The maximum Gasteiger partial charge on any atom is 0.319 e. The molecule has 3 amide bonds. The monoisotopic (exact) mass is 312 g/mol. The fraction of sp³-hybridized carbons (Fsp3) is 0.643.